The largest absolute Gasteiger partial charge is 0.0622 e. The van der Waals surface area contributed by atoms with E-state index in [2.05, 4.69) is 87.6 Å². The summed E-state index contributed by atoms with van der Waals surface area (Å²) in [6.07, 6.45) is 0. The summed E-state index contributed by atoms with van der Waals surface area (Å²) in [7, 11) is 0. The van der Waals surface area contributed by atoms with E-state index >= 15 is 0 Å². The molecular formula is C12H7I2. The van der Waals surface area contributed by atoms with Crippen LogP contribution in [0.15, 0.2) is 42.5 Å². The van der Waals surface area contributed by atoms with Gasteiger partial charge in [-0.05, 0) is 62.4 Å². The van der Waals surface area contributed by atoms with E-state index in [1.165, 1.54) is 14.7 Å². The van der Waals surface area contributed by atoms with Gasteiger partial charge in [0.25, 0.3) is 0 Å². The van der Waals surface area contributed by atoms with Crippen LogP contribution in [-0.2, 0) is 0 Å². The number of benzene rings is 2. The van der Waals surface area contributed by atoms with Crippen molar-refractivity contribution in [2.75, 3.05) is 0 Å². The minimum absolute atomic E-state index is 1.16. The van der Waals surface area contributed by atoms with Gasteiger partial charge in [0.05, 0.1) is 0 Å². The van der Waals surface area contributed by atoms with Crippen molar-refractivity contribution in [1.82, 2.24) is 0 Å². The minimum atomic E-state index is 1.16. The van der Waals surface area contributed by atoms with Gasteiger partial charge in [-0.25, -0.2) is 0 Å². The van der Waals surface area contributed by atoms with Gasteiger partial charge in [0.2, 0.25) is 0 Å². The van der Waals surface area contributed by atoms with Crippen LogP contribution in [0.25, 0.3) is 11.1 Å². The van der Waals surface area contributed by atoms with E-state index in [1.807, 2.05) is 6.07 Å². The molecule has 2 rings (SSSR count). The van der Waals surface area contributed by atoms with Crippen LogP contribution in [0.3, 0.4) is 0 Å². The highest BCUT2D eigenvalue weighted by Crippen LogP contribution is 2.25. The second-order valence-electron chi connectivity index (χ2n) is 2.90. The lowest BCUT2D eigenvalue weighted by Crippen LogP contribution is -1.83. The molecule has 0 N–H and O–H groups in total. The lowest BCUT2D eigenvalue weighted by Gasteiger charge is -2.04. The molecule has 0 unspecified atom stereocenters. The first-order valence-electron chi connectivity index (χ1n) is 4.20. The van der Waals surface area contributed by atoms with E-state index in [9.17, 15) is 0 Å². The van der Waals surface area contributed by atoms with Crippen LogP contribution in [0.1, 0.15) is 0 Å². The third-order valence-corrected chi connectivity index (χ3v) is 3.43. The lowest BCUT2D eigenvalue weighted by atomic mass is 10.1. The van der Waals surface area contributed by atoms with Crippen LogP contribution < -0.4 is 0 Å². The Morgan fingerprint density at radius 1 is 0.857 bits per heavy atom. The molecule has 0 fully saturated rings. The zero-order chi connectivity index (χ0) is 9.97. The van der Waals surface area contributed by atoms with Crippen LogP contribution in [-0.4, -0.2) is 0 Å². The smallest absolute Gasteiger partial charge is 0.0298 e. The molecule has 1 radical (unpaired) electrons. The summed E-state index contributed by atoms with van der Waals surface area (Å²) in [5.74, 6) is 0. The first-order valence-corrected chi connectivity index (χ1v) is 6.36. The van der Waals surface area contributed by atoms with Crippen molar-refractivity contribution in [3.05, 3.63) is 55.7 Å². The highest BCUT2D eigenvalue weighted by molar-refractivity contribution is 14.1. The minimum Gasteiger partial charge on any atom is -0.0622 e. The Morgan fingerprint density at radius 3 is 2.21 bits per heavy atom. The van der Waals surface area contributed by atoms with Crippen LogP contribution in [0.5, 0.6) is 0 Å². The van der Waals surface area contributed by atoms with Gasteiger partial charge in [0.15, 0.2) is 0 Å². The molecular weight excluding hydrogens is 398 g/mol. The Balaban J connectivity index is 2.53. The van der Waals surface area contributed by atoms with Gasteiger partial charge in [0.1, 0.15) is 0 Å². The van der Waals surface area contributed by atoms with E-state index < -0.39 is 0 Å². The van der Waals surface area contributed by atoms with Crippen molar-refractivity contribution in [2.45, 2.75) is 0 Å². The Morgan fingerprint density at radius 2 is 1.57 bits per heavy atom. The van der Waals surface area contributed by atoms with Crippen molar-refractivity contribution in [3.8, 4) is 11.1 Å². The van der Waals surface area contributed by atoms with Gasteiger partial charge in [-0.1, -0.05) is 36.4 Å². The molecule has 0 aliphatic rings. The number of halogens is 2. The quantitative estimate of drug-likeness (QED) is 0.619. The summed E-state index contributed by atoms with van der Waals surface area (Å²) in [6, 6.07) is 17.9. The molecule has 2 heteroatoms. The first kappa shape index (κ1) is 10.4. The van der Waals surface area contributed by atoms with Gasteiger partial charge in [-0.3, -0.25) is 0 Å². The normalized spacial score (nSPS) is 10.1. The Kier molecular flexibility index (Phi) is 3.43. The van der Waals surface area contributed by atoms with Crippen LogP contribution in [0.4, 0.5) is 0 Å². The highest BCUT2D eigenvalue weighted by Gasteiger charge is 2.02. The molecule has 0 saturated carbocycles. The molecule has 0 heterocycles. The zero-order valence-electron chi connectivity index (χ0n) is 7.30. The number of rotatable bonds is 1. The average Bonchev–Trinajstić information content (AvgIpc) is 2.19. The SMILES string of the molecule is Ic1[c]c(I)c(-c2ccccc2)cc1. The van der Waals surface area contributed by atoms with Crippen molar-refractivity contribution in [3.63, 3.8) is 0 Å². The molecule has 0 spiro atoms. The molecule has 0 atom stereocenters. The molecule has 0 saturated heterocycles. The van der Waals surface area contributed by atoms with E-state index in [-0.39, 0.29) is 0 Å². The Hall–Kier alpha value is -0.100. The fraction of sp³-hybridized carbons (Fsp3) is 0. The summed E-state index contributed by atoms with van der Waals surface area (Å²) >= 11 is 4.61. The van der Waals surface area contributed by atoms with Gasteiger partial charge >= 0.3 is 0 Å². The van der Waals surface area contributed by atoms with Crippen molar-refractivity contribution < 1.29 is 0 Å². The summed E-state index contributed by atoms with van der Waals surface area (Å²) < 4.78 is 2.34. The fourth-order valence-electron chi connectivity index (χ4n) is 1.28. The molecule has 0 amide bonds. The standard InChI is InChI=1S/C12H7I2/c13-10-6-7-11(12(14)8-10)9-4-2-1-3-5-9/h1-7H. The maximum atomic E-state index is 3.31. The van der Waals surface area contributed by atoms with Crippen molar-refractivity contribution in [2.24, 2.45) is 0 Å². The molecule has 14 heavy (non-hydrogen) atoms. The van der Waals surface area contributed by atoms with Gasteiger partial charge in [-0.2, -0.15) is 0 Å². The summed E-state index contributed by atoms with van der Waals surface area (Å²) in [6.45, 7) is 0. The summed E-state index contributed by atoms with van der Waals surface area (Å²) in [5, 5.41) is 0. The maximum absolute atomic E-state index is 3.31. The van der Waals surface area contributed by atoms with Crippen LogP contribution in [0, 0.1) is 13.2 Å². The monoisotopic (exact) mass is 405 g/mol. The first-order chi connectivity index (χ1) is 6.77. The molecule has 0 aliphatic heterocycles. The molecule has 2 aromatic rings. The van der Waals surface area contributed by atoms with Gasteiger partial charge in [0, 0.05) is 13.2 Å². The maximum Gasteiger partial charge on any atom is 0.0298 e. The molecule has 0 nitrogen and oxygen atoms in total. The van der Waals surface area contributed by atoms with Gasteiger partial charge < -0.3 is 0 Å². The van der Waals surface area contributed by atoms with Crippen molar-refractivity contribution in [1.29, 1.82) is 0 Å². The molecule has 2 aromatic carbocycles. The second kappa shape index (κ2) is 4.61. The Bertz CT molecular complexity index is 435. The average molecular weight is 405 g/mol. The fourth-order valence-corrected chi connectivity index (χ4v) is 3.03. The molecule has 0 bridgehead atoms. The van der Waals surface area contributed by atoms with E-state index in [1.54, 1.807) is 0 Å². The third kappa shape index (κ3) is 2.28. The third-order valence-electron chi connectivity index (χ3n) is 1.95. The van der Waals surface area contributed by atoms with Crippen LogP contribution >= 0.6 is 45.2 Å². The van der Waals surface area contributed by atoms with E-state index in [0.29, 0.717) is 0 Å². The number of hydrogen-bond acceptors (Lipinski definition) is 0. The topological polar surface area (TPSA) is 0 Å². The zero-order valence-corrected chi connectivity index (χ0v) is 11.6. The van der Waals surface area contributed by atoms with Crippen LogP contribution in [0.2, 0.25) is 0 Å². The van der Waals surface area contributed by atoms with E-state index in [0.717, 1.165) is 3.57 Å². The molecule has 69 valence electrons. The summed E-state index contributed by atoms with van der Waals surface area (Å²) in [4.78, 5) is 0. The van der Waals surface area contributed by atoms with Gasteiger partial charge in [-0.15, -0.1) is 0 Å². The second-order valence-corrected chi connectivity index (χ2v) is 5.14. The highest BCUT2D eigenvalue weighted by atomic mass is 127. The predicted octanol–water partition coefficient (Wildman–Crippen LogP) is 4.36. The summed E-state index contributed by atoms with van der Waals surface area (Å²) in [5.41, 5.74) is 2.51. The molecule has 0 aliphatic carbocycles. The number of hydrogen-bond donors (Lipinski definition) is 0. The van der Waals surface area contributed by atoms with Crippen molar-refractivity contribution >= 4 is 45.2 Å². The predicted molar refractivity (Wildman–Crippen MR) is 76.1 cm³/mol. The lowest BCUT2D eigenvalue weighted by molar-refractivity contribution is 1.54. The Labute approximate surface area is 111 Å². The van der Waals surface area contributed by atoms with E-state index in [4.69, 9.17) is 0 Å². The molecule has 0 aromatic heterocycles.